The Morgan fingerprint density at radius 2 is 1.74 bits per heavy atom. The molecule has 5 rings (SSSR count). The molecule has 0 amide bonds. The van der Waals surface area contributed by atoms with Gasteiger partial charge in [-0.3, -0.25) is 0 Å². The molecule has 39 heavy (non-hydrogen) atoms. The second-order valence-corrected chi connectivity index (χ2v) is 11.9. The number of nitrogens with zero attached hydrogens (tertiary/aromatic N) is 2. The standard InChI is InChI=1S/C27H27ClF3N3O4S/c1-32-39(36,21-12-10-20(11-13-21)38-27(29,30)31)33-22-15-37-16-25(26(22)35)34-23-5-3-2-4-17(23)6-7-18-8-9-19(28)14-24(18)34/h2-5,8-14,22,25-26,35H,6-7,15-16H2,1H3,(H,32,33,36). The fraction of sp³-hybridized carbons (Fsp3) is 0.333. The normalized spacial score (nSPS) is 22.7. The smallest absolute Gasteiger partial charge is 0.406 e. The summed E-state index contributed by atoms with van der Waals surface area (Å²) in [5.74, 6) is -0.442. The summed E-state index contributed by atoms with van der Waals surface area (Å²) in [7, 11) is -1.99. The Balaban J connectivity index is 1.45. The molecule has 0 bridgehead atoms. The SMILES string of the molecule is CN=S(=O)(NC1COCC(N2c3ccccc3CCc3ccc(Cl)cc32)C1O)c1ccc(OC(F)(F)F)cc1. The molecule has 7 nitrogen and oxygen atoms in total. The van der Waals surface area contributed by atoms with E-state index in [1.54, 1.807) is 0 Å². The lowest BCUT2D eigenvalue weighted by Gasteiger charge is -2.43. The molecule has 2 heterocycles. The predicted molar refractivity (Wildman–Crippen MR) is 143 cm³/mol. The first kappa shape index (κ1) is 27.7. The first-order valence-electron chi connectivity index (χ1n) is 12.3. The highest BCUT2D eigenvalue weighted by Crippen LogP contribution is 2.40. The molecule has 1 fully saturated rings. The van der Waals surface area contributed by atoms with E-state index in [1.807, 2.05) is 41.3 Å². The van der Waals surface area contributed by atoms with Gasteiger partial charge in [-0.25, -0.2) is 13.3 Å². The second kappa shape index (κ2) is 11.0. The zero-order valence-corrected chi connectivity index (χ0v) is 22.5. The summed E-state index contributed by atoms with van der Waals surface area (Å²) in [4.78, 5) is 2.18. The molecule has 2 aliphatic rings. The Hall–Kier alpha value is -2.83. The van der Waals surface area contributed by atoms with Gasteiger partial charge >= 0.3 is 6.36 Å². The van der Waals surface area contributed by atoms with Crippen LogP contribution in [0.1, 0.15) is 11.1 Å². The van der Waals surface area contributed by atoms with Crippen LogP contribution in [0, 0.1) is 0 Å². The lowest BCUT2D eigenvalue weighted by Crippen LogP contribution is -2.60. The molecule has 3 aromatic carbocycles. The van der Waals surface area contributed by atoms with Crippen molar-refractivity contribution >= 4 is 32.9 Å². The van der Waals surface area contributed by atoms with Gasteiger partial charge in [0, 0.05) is 23.4 Å². The van der Waals surface area contributed by atoms with Crippen LogP contribution in [0.4, 0.5) is 24.5 Å². The van der Waals surface area contributed by atoms with Gasteiger partial charge in [-0.2, -0.15) is 0 Å². The van der Waals surface area contributed by atoms with E-state index < -0.39 is 40.2 Å². The molecule has 12 heteroatoms. The highest BCUT2D eigenvalue weighted by Gasteiger charge is 2.40. The van der Waals surface area contributed by atoms with Gasteiger partial charge in [0.15, 0.2) is 0 Å². The van der Waals surface area contributed by atoms with Crippen molar-refractivity contribution in [2.75, 3.05) is 25.2 Å². The molecule has 0 aromatic heterocycles. The lowest BCUT2D eigenvalue weighted by atomic mass is 9.98. The van der Waals surface area contributed by atoms with E-state index in [9.17, 15) is 22.5 Å². The van der Waals surface area contributed by atoms with Crippen LogP contribution in [0.2, 0.25) is 5.02 Å². The Labute approximate surface area is 229 Å². The zero-order valence-electron chi connectivity index (χ0n) is 20.9. The van der Waals surface area contributed by atoms with Gasteiger partial charge in [0.25, 0.3) is 0 Å². The van der Waals surface area contributed by atoms with Gasteiger partial charge in [-0.1, -0.05) is 35.9 Å². The largest absolute Gasteiger partial charge is 0.573 e. The third kappa shape index (κ3) is 5.87. The number of hydrogen-bond acceptors (Lipinski definition) is 6. The van der Waals surface area contributed by atoms with E-state index in [0.29, 0.717) is 5.02 Å². The maximum Gasteiger partial charge on any atom is 0.573 e. The van der Waals surface area contributed by atoms with Gasteiger partial charge in [0.1, 0.15) is 15.7 Å². The summed E-state index contributed by atoms with van der Waals surface area (Å²) in [5, 5.41) is 12.2. The molecule has 208 valence electrons. The van der Waals surface area contributed by atoms with Crippen molar-refractivity contribution in [3.63, 3.8) is 0 Å². The van der Waals surface area contributed by atoms with Crippen LogP contribution >= 0.6 is 11.6 Å². The Bertz CT molecular complexity index is 1460. The summed E-state index contributed by atoms with van der Waals surface area (Å²) < 4.78 is 68.2. The van der Waals surface area contributed by atoms with Crippen LogP contribution in [0.3, 0.4) is 0 Å². The number of alkyl halides is 3. The number of anilines is 2. The van der Waals surface area contributed by atoms with Crippen molar-refractivity contribution in [2.45, 2.75) is 42.3 Å². The molecular formula is C27H27ClF3N3O4S. The van der Waals surface area contributed by atoms with E-state index in [4.69, 9.17) is 16.3 Å². The average molecular weight is 582 g/mol. The van der Waals surface area contributed by atoms with Crippen molar-refractivity contribution in [1.29, 1.82) is 0 Å². The van der Waals surface area contributed by atoms with E-state index in [1.165, 1.54) is 19.2 Å². The topological polar surface area (TPSA) is 83.4 Å². The first-order valence-corrected chi connectivity index (χ1v) is 14.2. The molecule has 4 atom stereocenters. The molecular weight excluding hydrogens is 555 g/mol. The molecule has 0 radical (unpaired) electrons. The maximum absolute atomic E-state index is 13.8. The average Bonchev–Trinajstić information content (AvgIpc) is 3.06. The van der Waals surface area contributed by atoms with Gasteiger partial charge in [-0.05, 0) is 66.4 Å². The number of halogens is 4. The number of hydrogen-bond donors (Lipinski definition) is 2. The van der Waals surface area contributed by atoms with Gasteiger partial charge in [0.05, 0.1) is 36.3 Å². The van der Waals surface area contributed by atoms with Gasteiger partial charge in [-0.15, -0.1) is 13.2 Å². The van der Waals surface area contributed by atoms with Crippen LogP contribution in [-0.4, -0.2) is 54.1 Å². The summed E-state index contributed by atoms with van der Waals surface area (Å²) >= 11 is 6.39. The number of benzene rings is 3. The molecule has 2 aliphatic heterocycles. The van der Waals surface area contributed by atoms with Gasteiger partial charge in [0.2, 0.25) is 0 Å². The van der Waals surface area contributed by atoms with E-state index in [0.717, 1.165) is 47.5 Å². The number of aliphatic hydroxyl groups excluding tert-OH is 1. The van der Waals surface area contributed by atoms with Crippen molar-refractivity contribution in [3.8, 4) is 5.75 Å². The number of nitrogens with one attached hydrogen (secondary N) is 1. The fourth-order valence-electron chi connectivity index (χ4n) is 5.06. The van der Waals surface area contributed by atoms with Crippen molar-refractivity contribution in [2.24, 2.45) is 4.36 Å². The highest BCUT2D eigenvalue weighted by atomic mass is 35.5. The number of aryl methyl sites for hydroxylation is 2. The fourth-order valence-corrected chi connectivity index (χ4v) is 6.80. The van der Waals surface area contributed by atoms with Crippen LogP contribution in [0.25, 0.3) is 0 Å². The predicted octanol–water partition coefficient (Wildman–Crippen LogP) is 5.27. The summed E-state index contributed by atoms with van der Waals surface area (Å²) in [6.07, 6.45) is -4.29. The number of para-hydroxylation sites is 1. The van der Waals surface area contributed by atoms with Crippen molar-refractivity contribution in [1.82, 2.24) is 4.72 Å². The number of rotatable bonds is 5. The zero-order chi connectivity index (χ0) is 27.8. The molecule has 4 unspecified atom stereocenters. The molecule has 0 aliphatic carbocycles. The Kier molecular flexibility index (Phi) is 7.80. The Morgan fingerprint density at radius 3 is 2.44 bits per heavy atom. The Morgan fingerprint density at radius 1 is 1.05 bits per heavy atom. The third-order valence-electron chi connectivity index (χ3n) is 6.89. The highest BCUT2D eigenvalue weighted by molar-refractivity contribution is 7.91. The summed E-state index contributed by atoms with van der Waals surface area (Å²) in [5.41, 5.74) is 3.97. The van der Waals surface area contributed by atoms with Crippen LogP contribution in [0.5, 0.6) is 5.75 Å². The van der Waals surface area contributed by atoms with Crippen LogP contribution < -0.4 is 14.4 Å². The molecule has 3 aromatic rings. The van der Waals surface area contributed by atoms with Crippen molar-refractivity contribution < 1.29 is 32.0 Å². The van der Waals surface area contributed by atoms with E-state index >= 15 is 0 Å². The quantitative estimate of drug-likeness (QED) is 0.429. The van der Waals surface area contributed by atoms with Crippen LogP contribution in [0.15, 0.2) is 76.0 Å². The lowest BCUT2D eigenvalue weighted by molar-refractivity contribution is -0.274. The van der Waals surface area contributed by atoms with Gasteiger partial charge < -0.3 is 19.5 Å². The first-order chi connectivity index (χ1) is 18.6. The number of ether oxygens (including phenoxy) is 2. The minimum absolute atomic E-state index is 0.0529. The number of aliphatic hydroxyl groups is 1. The molecule has 0 spiro atoms. The molecule has 0 saturated carbocycles. The minimum Gasteiger partial charge on any atom is -0.406 e. The summed E-state index contributed by atoms with van der Waals surface area (Å²) in [6, 6.07) is 16.9. The van der Waals surface area contributed by atoms with E-state index in [2.05, 4.69) is 19.9 Å². The number of fused-ring (bicyclic) bond motifs is 2. The molecule has 1 saturated heterocycles. The molecule has 2 N–H and O–H groups in total. The van der Waals surface area contributed by atoms with E-state index in [-0.39, 0.29) is 18.1 Å². The maximum atomic E-state index is 13.8. The van der Waals surface area contributed by atoms with Crippen molar-refractivity contribution in [3.05, 3.63) is 82.9 Å². The minimum atomic E-state index is -4.84. The third-order valence-corrected chi connectivity index (χ3v) is 9.17. The summed E-state index contributed by atoms with van der Waals surface area (Å²) in [6.45, 7) is 0.255. The monoisotopic (exact) mass is 581 g/mol. The van der Waals surface area contributed by atoms with Crippen LogP contribution in [-0.2, 0) is 27.5 Å². The second-order valence-electron chi connectivity index (χ2n) is 9.32.